The molecule has 1 amide bonds. The van der Waals surface area contributed by atoms with Crippen molar-refractivity contribution in [3.8, 4) is 0 Å². The Bertz CT molecular complexity index is 670. The minimum absolute atomic E-state index is 0.135. The van der Waals surface area contributed by atoms with Gasteiger partial charge in [0.05, 0.1) is 0 Å². The zero-order valence-electron chi connectivity index (χ0n) is 13.6. The van der Waals surface area contributed by atoms with E-state index in [1.807, 2.05) is 17.8 Å². The largest absolute Gasteiger partial charge is 0.368 e. The fraction of sp³-hybridized carbons (Fsp3) is 0.467. The first-order valence-corrected chi connectivity index (χ1v) is 8.46. The Morgan fingerprint density at radius 1 is 1.43 bits per heavy atom. The van der Waals surface area contributed by atoms with E-state index in [-0.39, 0.29) is 11.9 Å². The van der Waals surface area contributed by atoms with Gasteiger partial charge in [-0.25, -0.2) is 15.0 Å². The van der Waals surface area contributed by atoms with Gasteiger partial charge in [-0.05, 0) is 18.4 Å². The number of carbonyl (C=O) groups is 1. The number of amides is 1. The van der Waals surface area contributed by atoms with Crippen molar-refractivity contribution in [2.75, 3.05) is 18.0 Å². The Morgan fingerprint density at radius 2 is 2.22 bits per heavy atom. The molecule has 7 nitrogen and oxygen atoms in total. The van der Waals surface area contributed by atoms with E-state index in [0.29, 0.717) is 18.2 Å². The van der Waals surface area contributed by atoms with Gasteiger partial charge in [0.25, 0.3) is 5.91 Å². The van der Waals surface area contributed by atoms with Crippen LogP contribution in [0.1, 0.15) is 30.0 Å². The first kappa shape index (κ1) is 17.3. The van der Waals surface area contributed by atoms with Crippen molar-refractivity contribution >= 4 is 23.6 Å². The van der Waals surface area contributed by atoms with Crippen LogP contribution in [0.15, 0.2) is 23.6 Å². The topological polar surface area (TPSA) is 98.7 Å². The van der Waals surface area contributed by atoms with Crippen LogP contribution < -0.4 is 11.1 Å². The number of imidazole rings is 1. The van der Waals surface area contributed by atoms with E-state index in [1.165, 1.54) is 0 Å². The highest BCUT2D eigenvalue weighted by Gasteiger charge is 2.11. The number of carbonyl (C=O) groups excluding carboxylic acids is 1. The molecule has 0 atom stereocenters. The maximum absolute atomic E-state index is 12.2. The lowest BCUT2D eigenvalue weighted by atomic mass is 10.1. The number of aromatic nitrogens is 4. The van der Waals surface area contributed by atoms with Gasteiger partial charge in [0, 0.05) is 37.4 Å². The van der Waals surface area contributed by atoms with Crippen LogP contribution in [0.3, 0.4) is 0 Å². The Hall–Kier alpha value is -2.09. The summed E-state index contributed by atoms with van der Waals surface area (Å²) in [5.41, 5.74) is 6.80. The molecule has 8 heteroatoms. The van der Waals surface area contributed by atoms with Crippen molar-refractivity contribution in [1.29, 1.82) is 0 Å². The summed E-state index contributed by atoms with van der Waals surface area (Å²) in [6, 6.07) is 1.71. The predicted molar refractivity (Wildman–Crippen MR) is 91.3 cm³/mol. The molecule has 0 unspecified atom stereocenters. The molecule has 0 spiro atoms. The van der Waals surface area contributed by atoms with Gasteiger partial charge in [-0.15, -0.1) is 0 Å². The van der Waals surface area contributed by atoms with Gasteiger partial charge in [-0.1, -0.05) is 25.6 Å². The van der Waals surface area contributed by atoms with E-state index in [0.717, 1.165) is 23.0 Å². The van der Waals surface area contributed by atoms with Crippen LogP contribution in [0.5, 0.6) is 0 Å². The van der Waals surface area contributed by atoms with E-state index in [2.05, 4.69) is 34.1 Å². The summed E-state index contributed by atoms with van der Waals surface area (Å²) in [5, 5.41) is 3.77. The lowest BCUT2D eigenvalue weighted by molar-refractivity contribution is 0.0951. The number of hydrogen-bond acceptors (Lipinski definition) is 6. The normalized spacial score (nSPS) is 11.0. The molecule has 2 aromatic rings. The number of nitrogen functional groups attached to an aromatic ring is 1. The lowest BCUT2D eigenvalue weighted by Gasteiger charge is -2.08. The van der Waals surface area contributed by atoms with Gasteiger partial charge in [0.2, 0.25) is 5.95 Å². The third kappa shape index (κ3) is 5.24. The van der Waals surface area contributed by atoms with E-state index in [4.69, 9.17) is 5.73 Å². The van der Waals surface area contributed by atoms with Crippen LogP contribution in [0.4, 0.5) is 5.95 Å². The quantitative estimate of drug-likeness (QED) is 0.588. The van der Waals surface area contributed by atoms with Gasteiger partial charge >= 0.3 is 0 Å². The third-order valence-electron chi connectivity index (χ3n) is 3.04. The maximum Gasteiger partial charge on any atom is 0.270 e. The smallest absolute Gasteiger partial charge is 0.270 e. The van der Waals surface area contributed by atoms with Crippen molar-refractivity contribution < 1.29 is 4.79 Å². The fourth-order valence-corrected chi connectivity index (χ4v) is 2.83. The maximum atomic E-state index is 12.2. The van der Waals surface area contributed by atoms with Crippen LogP contribution in [0.2, 0.25) is 0 Å². The number of thioether (sulfide) groups is 1. The number of rotatable bonds is 7. The van der Waals surface area contributed by atoms with Crippen molar-refractivity contribution in [2.24, 2.45) is 13.0 Å². The van der Waals surface area contributed by atoms with Crippen LogP contribution in [0, 0.1) is 5.92 Å². The highest BCUT2D eigenvalue weighted by atomic mass is 32.2. The van der Waals surface area contributed by atoms with Crippen LogP contribution in [-0.2, 0) is 13.5 Å². The second-order valence-corrected chi connectivity index (χ2v) is 6.69. The van der Waals surface area contributed by atoms with Gasteiger partial charge < -0.3 is 15.6 Å². The number of hydrogen-bond donors (Lipinski definition) is 2. The Kier molecular flexibility index (Phi) is 5.97. The summed E-state index contributed by atoms with van der Waals surface area (Å²) in [5.74, 6) is 1.07. The van der Waals surface area contributed by atoms with Crippen molar-refractivity contribution in [1.82, 2.24) is 24.8 Å². The molecule has 124 valence electrons. The summed E-state index contributed by atoms with van der Waals surface area (Å²) in [6.07, 6.45) is 4.41. The number of aryl methyl sites for hydroxylation is 1. The molecule has 0 radical (unpaired) electrons. The molecule has 0 aliphatic heterocycles. The van der Waals surface area contributed by atoms with E-state index in [9.17, 15) is 4.79 Å². The third-order valence-corrected chi connectivity index (χ3v) is 4.10. The molecule has 0 saturated heterocycles. The standard InChI is InChI=1S/C15H22N6OS/c1-10(2)8-11-9-12(20-14(16)19-11)13(22)17-5-7-23-15-18-4-6-21(15)3/h4,6,9-10H,5,7-8H2,1-3H3,(H,17,22)(H2,16,19,20). The van der Waals surface area contributed by atoms with E-state index in [1.54, 1.807) is 24.0 Å². The number of nitrogens with two attached hydrogens (primary N) is 1. The number of nitrogens with one attached hydrogen (secondary N) is 1. The molecule has 2 heterocycles. The van der Waals surface area contributed by atoms with Crippen LogP contribution >= 0.6 is 11.8 Å². The van der Waals surface area contributed by atoms with Gasteiger partial charge in [0.1, 0.15) is 5.69 Å². The molecule has 2 rings (SSSR count). The first-order chi connectivity index (χ1) is 11.0. The Balaban J connectivity index is 1.87. The van der Waals surface area contributed by atoms with Crippen LogP contribution in [0.25, 0.3) is 0 Å². The molecule has 0 aliphatic rings. The van der Waals surface area contributed by atoms with Gasteiger partial charge in [0.15, 0.2) is 5.16 Å². The zero-order chi connectivity index (χ0) is 16.8. The second-order valence-electron chi connectivity index (χ2n) is 5.63. The average Bonchev–Trinajstić information content (AvgIpc) is 2.87. The number of anilines is 1. The monoisotopic (exact) mass is 334 g/mol. The van der Waals surface area contributed by atoms with Gasteiger partial charge in [-0.3, -0.25) is 4.79 Å². The molecule has 0 bridgehead atoms. The zero-order valence-corrected chi connectivity index (χ0v) is 14.4. The minimum atomic E-state index is -0.232. The molecular weight excluding hydrogens is 312 g/mol. The highest BCUT2D eigenvalue weighted by molar-refractivity contribution is 7.99. The van der Waals surface area contributed by atoms with Crippen molar-refractivity contribution in [3.05, 3.63) is 29.8 Å². The summed E-state index contributed by atoms with van der Waals surface area (Å²) in [4.78, 5) is 24.6. The Morgan fingerprint density at radius 3 is 2.87 bits per heavy atom. The highest BCUT2D eigenvalue weighted by Crippen LogP contribution is 2.13. The Labute approximate surface area is 140 Å². The molecule has 0 saturated carbocycles. The molecule has 23 heavy (non-hydrogen) atoms. The molecule has 0 aliphatic carbocycles. The molecule has 0 aromatic carbocycles. The fourth-order valence-electron chi connectivity index (χ4n) is 2.05. The molecule has 2 aromatic heterocycles. The summed E-state index contributed by atoms with van der Waals surface area (Å²) < 4.78 is 1.94. The summed E-state index contributed by atoms with van der Waals surface area (Å²) >= 11 is 1.59. The second kappa shape index (κ2) is 7.96. The SMILES string of the molecule is CC(C)Cc1cc(C(=O)NCCSc2nccn2C)nc(N)n1. The summed E-state index contributed by atoms with van der Waals surface area (Å²) in [6.45, 7) is 4.71. The number of nitrogens with zero attached hydrogens (tertiary/aromatic N) is 4. The summed E-state index contributed by atoms with van der Waals surface area (Å²) in [7, 11) is 1.94. The first-order valence-electron chi connectivity index (χ1n) is 7.47. The van der Waals surface area contributed by atoms with Crippen molar-refractivity contribution in [3.63, 3.8) is 0 Å². The lowest BCUT2D eigenvalue weighted by Crippen LogP contribution is -2.27. The van der Waals surface area contributed by atoms with E-state index < -0.39 is 0 Å². The minimum Gasteiger partial charge on any atom is -0.368 e. The average molecular weight is 334 g/mol. The van der Waals surface area contributed by atoms with Gasteiger partial charge in [-0.2, -0.15) is 0 Å². The molecule has 3 N–H and O–H groups in total. The van der Waals surface area contributed by atoms with Crippen molar-refractivity contribution in [2.45, 2.75) is 25.4 Å². The molecular formula is C15H22N6OS. The predicted octanol–water partition coefficient (Wildman–Crippen LogP) is 1.51. The van der Waals surface area contributed by atoms with E-state index >= 15 is 0 Å². The molecule has 0 fully saturated rings. The van der Waals surface area contributed by atoms with Crippen LogP contribution in [-0.4, -0.2) is 37.7 Å².